The monoisotopic (exact) mass is 544 g/mol. The predicted molar refractivity (Wildman–Crippen MR) is 136 cm³/mol. The van der Waals surface area contributed by atoms with Crippen molar-refractivity contribution in [1.29, 1.82) is 0 Å². The number of aromatic nitrogens is 3. The zero-order valence-corrected chi connectivity index (χ0v) is 20.5. The Morgan fingerprint density at radius 1 is 0.838 bits per heavy atom. The molecule has 37 heavy (non-hydrogen) atoms. The van der Waals surface area contributed by atoms with Gasteiger partial charge in [-0.25, -0.2) is 9.37 Å². The normalized spacial score (nSPS) is 13.5. The Kier molecular flexibility index (Phi) is 6.56. The topological polar surface area (TPSA) is 53.6 Å². The summed E-state index contributed by atoms with van der Waals surface area (Å²) in [6, 6.07) is 19.8. The van der Waals surface area contributed by atoms with Gasteiger partial charge in [-0.15, -0.1) is 0 Å². The molecule has 0 radical (unpaired) electrons. The Hall–Kier alpha value is -3.62. The summed E-state index contributed by atoms with van der Waals surface area (Å²) in [5.41, 5.74) is -0.306. The number of nitrogens with zero attached hydrogens (tertiary/aromatic N) is 2. The van der Waals surface area contributed by atoms with Crippen LogP contribution in [-0.2, 0) is 18.1 Å². The summed E-state index contributed by atoms with van der Waals surface area (Å²) in [4.78, 5) is 12.1. The lowest BCUT2D eigenvalue weighted by molar-refractivity contribution is -0.137. The number of fused-ring (bicyclic) bond motifs is 1. The maximum absolute atomic E-state index is 14.8. The van der Waals surface area contributed by atoms with Crippen LogP contribution in [0.15, 0.2) is 85.1 Å². The minimum atomic E-state index is -4.77. The van der Waals surface area contributed by atoms with Crippen molar-refractivity contribution in [2.45, 2.75) is 18.1 Å². The van der Waals surface area contributed by atoms with Gasteiger partial charge in [0.25, 0.3) is 0 Å². The highest BCUT2D eigenvalue weighted by Gasteiger charge is 2.40. The van der Waals surface area contributed by atoms with Crippen LogP contribution in [0.5, 0.6) is 0 Å². The van der Waals surface area contributed by atoms with Gasteiger partial charge in [-0.1, -0.05) is 53.5 Å². The molecule has 1 atom stereocenters. The van der Waals surface area contributed by atoms with E-state index in [-0.39, 0.29) is 17.9 Å². The molecule has 5 rings (SSSR count). The summed E-state index contributed by atoms with van der Waals surface area (Å²) in [5.74, 6) is -0.794. The Balaban J connectivity index is 1.77. The van der Waals surface area contributed by atoms with E-state index in [1.54, 1.807) is 30.3 Å². The summed E-state index contributed by atoms with van der Waals surface area (Å²) < 4.78 is 56.1. The zero-order valence-electron chi connectivity index (χ0n) is 19.0. The van der Waals surface area contributed by atoms with Crippen molar-refractivity contribution in [3.8, 4) is 0 Å². The van der Waals surface area contributed by atoms with Crippen LogP contribution in [-0.4, -0.2) is 15.0 Å². The van der Waals surface area contributed by atoms with E-state index in [2.05, 4.69) is 20.3 Å². The number of hydrogen-bond acceptors (Lipinski definition) is 3. The number of H-pyrrole nitrogens is 1. The van der Waals surface area contributed by atoms with E-state index < -0.39 is 23.1 Å². The molecular weight excluding hydrogens is 527 g/mol. The molecule has 0 aliphatic carbocycles. The fourth-order valence-electron chi connectivity index (χ4n) is 4.29. The van der Waals surface area contributed by atoms with Gasteiger partial charge in [0.1, 0.15) is 11.4 Å². The number of hydrogen-bond donors (Lipinski definition) is 2. The van der Waals surface area contributed by atoms with Crippen LogP contribution in [0, 0.1) is 5.82 Å². The number of imidazole rings is 1. The first-order valence-electron chi connectivity index (χ1n) is 11.1. The van der Waals surface area contributed by atoms with E-state index in [0.717, 1.165) is 17.7 Å². The van der Waals surface area contributed by atoms with Crippen LogP contribution in [0.3, 0.4) is 0 Å². The number of aromatic amines is 1. The first kappa shape index (κ1) is 25.0. The molecule has 188 valence electrons. The smallest absolute Gasteiger partial charge is 0.340 e. The first-order valence-corrected chi connectivity index (χ1v) is 11.9. The summed E-state index contributed by atoms with van der Waals surface area (Å²) >= 11 is 12.2. The van der Waals surface area contributed by atoms with E-state index in [0.29, 0.717) is 32.8 Å². The molecule has 0 amide bonds. The summed E-state index contributed by atoms with van der Waals surface area (Å²) in [6.45, 7) is 0. The van der Waals surface area contributed by atoms with Gasteiger partial charge in [-0.2, -0.15) is 13.2 Å². The molecular formula is C27H18Cl2F4N4. The van der Waals surface area contributed by atoms with Crippen molar-refractivity contribution >= 4 is 40.2 Å². The molecule has 0 aliphatic rings. The lowest BCUT2D eigenvalue weighted by Gasteiger charge is -2.35. The molecule has 0 spiro atoms. The Labute approximate surface area is 219 Å². The van der Waals surface area contributed by atoms with Crippen LogP contribution in [0.4, 0.5) is 23.5 Å². The average Bonchev–Trinajstić information content (AvgIpc) is 3.25. The SMILES string of the molecule is Fc1cc(C(F)(F)F)cc(C(Cc2ccccc2)(Nc2nc3ccc(Cl)cc3[nH]2)c2ccc(Cl)cn2)c1. The number of nitrogens with one attached hydrogen (secondary N) is 2. The van der Waals surface area contributed by atoms with Crippen molar-refractivity contribution in [2.24, 2.45) is 0 Å². The van der Waals surface area contributed by atoms with Gasteiger partial charge < -0.3 is 10.3 Å². The second-order valence-corrected chi connectivity index (χ2v) is 9.40. The average molecular weight is 545 g/mol. The van der Waals surface area contributed by atoms with E-state index in [4.69, 9.17) is 23.2 Å². The second-order valence-electron chi connectivity index (χ2n) is 8.53. The third-order valence-corrected chi connectivity index (χ3v) is 6.43. The molecule has 5 aromatic rings. The van der Waals surface area contributed by atoms with Gasteiger partial charge in [-0.05, 0) is 59.7 Å². The lowest BCUT2D eigenvalue weighted by Crippen LogP contribution is -2.40. The molecule has 0 saturated carbocycles. The standard InChI is InChI=1S/C27H18Cl2F4N4/c28-19-6-8-22-23(13-19)36-25(35-22)37-26(14-16-4-2-1-3-5-16,24-9-7-20(29)15-34-24)17-10-18(27(31,32)33)12-21(30)11-17/h1-13,15H,14H2,(H2,35,36,37). The molecule has 0 aliphatic heterocycles. The number of pyridine rings is 1. The molecule has 4 nitrogen and oxygen atoms in total. The molecule has 0 saturated heterocycles. The fourth-order valence-corrected chi connectivity index (χ4v) is 4.58. The van der Waals surface area contributed by atoms with Gasteiger partial charge in [0.2, 0.25) is 5.95 Å². The van der Waals surface area contributed by atoms with Crippen molar-refractivity contribution < 1.29 is 17.6 Å². The number of benzene rings is 3. The number of alkyl halides is 3. The highest BCUT2D eigenvalue weighted by Crippen LogP contribution is 2.40. The highest BCUT2D eigenvalue weighted by atomic mass is 35.5. The minimum absolute atomic E-state index is 0.0111. The zero-order chi connectivity index (χ0) is 26.2. The Morgan fingerprint density at radius 2 is 1.57 bits per heavy atom. The number of rotatable bonds is 6. The third kappa shape index (κ3) is 5.26. The molecule has 10 heteroatoms. The molecule has 0 bridgehead atoms. The van der Waals surface area contributed by atoms with E-state index in [1.807, 2.05) is 30.3 Å². The minimum Gasteiger partial charge on any atom is -0.340 e. The Morgan fingerprint density at radius 3 is 2.27 bits per heavy atom. The fraction of sp³-hybridized carbons (Fsp3) is 0.111. The van der Waals surface area contributed by atoms with Crippen LogP contribution in [0.2, 0.25) is 10.0 Å². The molecule has 2 aromatic heterocycles. The first-order chi connectivity index (χ1) is 17.6. The van der Waals surface area contributed by atoms with Gasteiger partial charge >= 0.3 is 6.18 Å². The quantitative estimate of drug-likeness (QED) is 0.213. The van der Waals surface area contributed by atoms with Gasteiger partial charge in [-0.3, -0.25) is 4.98 Å². The summed E-state index contributed by atoms with van der Waals surface area (Å²) in [6.07, 6.45) is -3.26. The molecule has 2 heterocycles. The van der Waals surface area contributed by atoms with E-state index in [9.17, 15) is 17.6 Å². The highest BCUT2D eigenvalue weighted by molar-refractivity contribution is 6.31. The largest absolute Gasteiger partial charge is 0.416 e. The van der Waals surface area contributed by atoms with Gasteiger partial charge in [0, 0.05) is 17.6 Å². The van der Waals surface area contributed by atoms with Gasteiger partial charge in [0.15, 0.2) is 0 Å². The van der Waals surface area contributed by atoms with Crippen molar-refractivity contribution in [3.05, 3.63) is 123 Å². The van der Waals surface area contributed by atoms with Crippen LogP contribution < -0.4 is 5.32 Å². The maximum Gasteiger partial charge on any atom is 0.416 e. The van der Waals surface area contributed by atoms with E-state index in [1.165, 1.54) is 6.20 Å². The van der Waals surface area contributed by atoms with Crippen molar-refractivity contribution in [3.63, 3.8) is 0 Å². The molecule has 3 aromatic carbocycles. The number of anilines is 1. The predicted octanol–water partition coefficient (Wildman–Crippen LogP) is 8.02. The van der Waals surface area contributed by atoms with Crippen LogP contribution in [0.1, 0.15) is 22.4 Å². The van der Waals surface area contributed by atoms with Crippen molar-refractivity contribution in [1.82, 2.24) is 15.0 Å². The van der Waals surface area contributed by atoms with Crippen LogP contribution in [0.25, 0.3) is 11.0 Å². The number of halogens is 6. The summed E-state index contributed by atoms with van der Waals surface area (Å²) in [7, 11) is 0. The second kappa shape index (κ2) is 9.68. The molecule has 0 fully saturated rings. The van der Waals surface area contributed by atoms with Crippen LogP contribution >= 0.6 is 23.2 Å². The van der Waals surface area contributed by atoms with E-state index >= 15 is 0 Å². The molecule has 1 unspecified atom stereocenters. The lowest BCUT2D eigenvalue weighted by atomic mass is 9.80. The Bertz CT molecular complexity index is 1550. The summed E-state index contributed by atoms with van der Waals surface area (Å²) in [5, 5.41) is 4.08. The van der Waals surface area contributed by atoms with Crippen molar-refractivity contribution in [2.75, 3.05) is 5.32 Å². The third-order valence-electron chi connectivity index (χ3n) is 5.97. The van der Waals surface area contributed by atoms with Gasteiger partial charge in [0.05, 0.1) is 27.3 Å². The molecule has 2 N–H and O–H groups in total. The maximum atomic E-state index is 14.8.